The number of ether oxygens (including phenoxy) is 1. The number of pyridine rings is 1. The highest BCUT2D eigenvalue weighted by Gasteiger charge is 2.29. The van der Waals surface area contributed by atoms with Crippen molar-refractivity contribution in [2.24, 2.45) is 0 Å². The largest absolute Gasteiger partial charge is 0.444 e. The second-order valence-electron chi connectivity index (χ2n) is 11.5. The maximum Gasteiger partial charge on any atom is 0.407 e. The summed E-state index contributed by atoms with van der Waals surface area (Å²) in [6.07, 6.45) is 3.28. The predicted octanol–water partition coefficient (Wildman–Crippen LogP) is 5.20. The van der Waals surface area contributed by atoms with Gasteiger partial charge in [0.15, 0.2) is 0 Å². The number of hydrogen-bond acceptors (Lipinski definition) is 5. The van der Waals surface area contributed by atoms with Gasteiger partial charge >= 0.3 is 6.09 Å². The molecule has 0 spiro atoms. The van der Waals surface area contributed by atoms with Crippen molar-refractivity contribution in [1.82, 2.24) is 15.6 Å². The summed E-state index contributed by atoms with van der Waals surface area (Å²) in [6.45, 7) is 16.5. The number of carbonyl (C=O) groups excluding carboxylic acids is 2. The van der Waals surface area contributed by atoms with Crippen LogP contribution in [0, 0.1) is 27.7 Å². The number of aryl methyl sites for hydroxylation is 3. The normalized spacial score (nSPS) is 17.6. The molecule has 1 fully saturated rings. The smallest absolute Gasteiger partial charge is 0.407 e. The van der Waals surface area contributed by atoms with Crippen LogP contribution in [-0.4, -0.2) is 41.2 Å². The van der Waals surface area contributed by atoms with Gasteiger partial charge in [0, 0.05) is 47.7 Å². The van der Waals surface area contributed by atoms with Crippen LogP contribution >= 0.6 is 0 Å². The van der Waals surface area contributed by atoms with Gasteiger partial charge in [-0.25, -0.2) is 4.79 Å². The highest BCUT2D eigenvalue weighted by Crippen LogP contribution is 2.32. The molecule has 2 aromatic rings. The predicted molar refractivity (Wildman–Crippen MR) is 152 cm³/mol. The van der Waals surface area contributed by atoms with Crippen molar-refractivity contribution < 1.29 is 14.3 Å². The fourth-order valence-electron chi connectivity index (χ4n) is 5.37. The summed E-state index contributed by atoms with van der Waals surface area (Å²) in [4.78, 5) is 43.1. The number of H-pyrrole nitrogens is 1. The minimum atomic E-state index is -0.512. The molecule has 3 N–H and O–H groups in total. The molecule has 1 aliphatic carbocycles. The molecule has 208 valence electrons. The Hall–Kier alpha value is -3.29. The lowest BCUT2D eigenvalue weighted by atomic mass is 9.89. The van der Waals surface area contributed by atoms with E-state index in [0.717, 1.165) is 60.3 Å². The minimum Gasteiger partial charge on any atom is -0.444 e. The molecular weight excluding hydrogens is 480 g/mol. The van der Waals surface area contributed by atoms with Gasteiger partial charge in [-0.1, -0.05) is 0 Å². The van der Waals surface area contributed by atoms with Crippen LogP contribution in [0.2, 0.25) is 0 Å². The lowest BCUT2D eigenvalue weighted by Crippen LogP contribution is -2.45. The molecule has 8 heteroatoms. The summed E-state index contributed by atoms with van der Waals surface area (Å²) < 4.78 is 5.42. The standard InChI is InChI=1S/C30H44N4O4/c1-9-34(23-12-10-22(11-13-23)33-29(37)38-30(6,7)8)26-15-18(2)14-24(21(26)5)27(35)31-17-25-19(3)16-20(4)32-28(25)36/h14-16,22-23H,9-13,17H2,1-8H3,(H,31,35)(H,32,36)(H,33,37). The first-order chi connectivity index (χ1) is 17.8. The number of aromatic amines is 1. The Kier molecular flexibility index (Phi) is 9.28. The van der Waals surface area contributed by atoms with Gasteiger partial charge in [0.25, 0.3) is 11.5 Å². The summed E-state index contributed by atoms with van der Waals surface area (Å²) >= 11 is 0. The number of nitrogens with one attached hydrogen (secondary N) is 3. The van der Waals surface area contributed by atoms with Gasteiger partial charge in [0.05, 0.1) is 0 Å². The maximum absolute atomic E-state index is 13.3. The zero-order valence-corrected chi connectivity index (χ0v) is 24.2. The van der Waals surface area contributed by atoms with Crippen LogP contribution in [0.1, 0.15) is 91.7 Å². The Morgan fingerprint density at radius 2 is 1.71 bits per heavy atom. The molecule has 0 atom stereocenters. The van der Waals surface area contributed by atoms with Crippen LogP contribution in [0.15, 0.2) is 23.0 Å². The van der Waals surface area contributed by atoms with Gasteiger partial charge in [0.2, 0.25) is 0 Å². The van der Waals surface area contributed by atoms with Crippen molar-refractivity contribution in [3.8, 4) is 0 Å². The lowest BCUT2D eigenvalue weighted by Gasteiger charge is -2.39. The van der Waals surface area contributed by atoms with Crippen molar-refractivity contribution in [3.05, 3.63) is 62.1 Å². The highest BCUT2D eigenvalue weighted by atomic mass is 16.6. The zero-order chi connectivity index (χ0) is 28.2. The highest BCUT2D eigenvalue weighted by molar-refractivity contribution is 5.97. The fraction of sp³-hybridized carbons (Fsp3) is 0.567. The number of amides is 2. The fourth-order valence-corrected chi connectivity index (χ4v) is 5.37. The Labute approximate surface area is 226 Å². The first-order valence-corrected chi connectivity index (χ1v) is 13.6. The first kappa shape index (κ1) is 29.3. The van der Waals surface area contributed by atoms with E-state index in [0.29, 0.717) is 17.2 Å². The van der Waals surface area contributed by atoms with E-state index in [1.807, 2.05) is 60.6 Å². The van der Waals surface area contributed by atoms with E-state index in [2.05, 4.69) is 33.5 Å². The van der Waals surface area contributed by atoms with Gasteiger partial charge in [-0.2, -0.15) is 0 Å². The molecule has 8 nitrogen and oxygen atoms in total. The van der Waals surface area contributed by atoms with Crippen molar-refractivity contribution in [3.63, 3.8) is 0 Å². The van der Waals surface area contributed by atoms with Gasteiger partial charge < -0.3 is 25.3 Å². The first-order valence-electron chi connectivity index (χ1n) is 13.6. The number of carbonyl (C=O) groups is 2. The molecular formula is C30H44N4O4. The van der Waals surface area contributed by atoms with Crippen LogP contribution in [0.5, 0.6) is 0 Å². The number of anilines is 1. The van der Waals surface area contributed by atoms with E-state index in [4.69, 9.17) is 4.74 Å². The topological polar surface area (TPSA) is 104 Å². The third-order valence-electron chi connectivity index (χ3n) is 7.20. The van der Waals surface area contributed by atoms with E-state index in [1.54, 1.807) is 0 Å². The SMILES string of the molecule is CCN(c1cc(C)cc(C(=O)NCc2c(C)cc(C)[nH]c2=O)c1C)C1CCC(NC(=O)OC(C)(C)C)CC1. The molecule has 38 heavy (non-hydrogen) atoms. The minimum absolute atomic E-state index is 0.105. The molecule has 0 bridgehead atoms. The Morgan fingerprint density at radius 1 is 1.05 bits per heavy atom. The molecule has 0 radical (unpaired) electrons. The lowest BCUT2D eigenvalue weighted by molar-refractivity contribution is 0.0491. The molecule has 0 unspecified atom stereocenters. The zero-order valence-electron chi connectivity index (χ0n) is 24.2. The molecule has 1 heterocycles. The van der Waals surface area contributed by atoms with E-state index >= 15 is 0 Å². The Bertz CT molecular complexity index is 1220. The van der Waals surface area contributed by atoms with Crippen molar-refractivity contribution in [2.75, 3.05) is 11.4 Å². The van der Waals surface area contributed by atoms with Crippen molar-refractivity contribution >= 4 is 17.7 Å². The summed E-state index contributed by atoms with van der Waals surface area (Å²) in [5.41, 5.74) is 5.18. The number of alkyl carbamates (subject to hydrolysis) is 1. The van der Waals surface area contributed by atoms with Crippen LogP contribution in [-0.2, 0) is 11.3 Å². The van der Waals surface area contributed by atoms with Gasteiger partial charge in [-0.3, -0.25) is 9.59 Å². The van der Waals surface area contributed by atoms with E-state index in [9.17, 15) is 14.4 Å². The third kappa shape index (κ3) is 7.39. The number of rotatable bonds is 7. The van der Waals surface area contributed by atoms with Crippen LogP contribution in [0.4, 0.5) is 10.5 Å². The summed E-state index contributed by atoms with van der Waals surface area (Å²) in [7, 11) is 0. The molecule has 0 aliphatic heterocycles. The van der Waals surface area contributed by atoms with Gasteiger partial charge in [-0.15, -0.1) is 0 Å². The second-order valence-corrected chi connectivity index (χ2v) is 11.5. The van der Waals surface area contributed by atoms with Crippen LogP contribution in [0.25, 0.3) is 0 Å². The Morgan fingerprint density at radius 3 is 2.29 bits per heavy atom. The third-order valence-corrected chi connectivity index (χ3v) is 7.20. The second kappa shape index (κ2) is 12.0. The average molecular weight is 525 g/mol. The van der Waals surface area contributed by atoms with E-state index in [1.165, 1.54) is 0 Å². The molecule has 0 saturated heterocycles. The summed E-state index contributed by atoms with van der Waals surface area (Å²) in [6, 6.07) is 6.40. The molecule has 1 aromatic heterocycles. The van der Waals surface area contributed by atoms with Crippen LogP contribution in [0.3, 0.4) is 0 Å². The molecule has 1 saturated carbocycles. The van der Waals surface area contributed by atoms with E-state index in [-0.39, 0.29) is 30.1 Å². The number of benzene rings is 1. The van der Waals surface area contributed by atoms with E-state index < -0.39 is 5.60 Å². The molecule has 2 amide bonds. The monoisotopic (exact) mass is 524 g/mol. The summed E-state index contributed by atoms with van der Waals surface area (Å²) in [5.74, 6) is -0.187. The van der Waals surface area contributed by atoms with Crippen LogP contribution < -0.4 is 21.1 Å². The number of aromatic nitrogens is 1. The number of hydrogen-bond donors (Lipinski definition) is 3. The summed E-state index contributed by atoms with van der Waals surface area (Å²) in [5, 5.41) is 5.98. The average Bonchev–Trinajstić information content (AvgIpc) is 2.80. The molecule has 1 aromatic carbocycles. The van der Waals surface area contributed by atoms with Gasteiger partial charge in [-0.05, 0) is 116 Å². The Balaban J connectivity index is 1.71. The number of nitrogens with zero attached hydrogens (tertiary/aromatic N) is 1. The van der Waals surface area contributed by atoms with Crippen molar-refractivity contribution in [2.45, 2.75) is 105 Å². The van der Waals surface area contributed by atoms with Gasteiger partial charge in [0.1, 0.15) is 5.60 Å². The molecule has 3 rings (SSSR count). The quantitative estimate of drug-likeness (QED) is 0.462. The maximum atomic E-state index is 13.3. The van der Waals surface area contributed by atoms with Crippen molar-refractivity contribution in [1.29, 1.82) is 0 Å². The molecule has 1 aliphatic rings.